The van der Waals surface area contributed by atoms with Crippen molar-refractivity contribution in [1.29, 1.82) is 0 Å². The Morgan fingerprint density at radius 3 is 2.71 bits per heavy atom. The fourth-order valence-corrected chi connectivity index (χ4v) is 2.98. The predicted molar refractivity (Wildman–Crippen MR) is 72.6 cm³/mol. The van der Waals surface area contributed by atoms with Crippen molar-refractivity contribution in [3.05, 3.63) is 16.6 Å². The molecule has 0 atom stereocenters. The number of allylic oxidation sites excluding steroid dienone is 1. The van der Waals surface area contributed by atoms with Crippen molar-refractivity contribution in [1.82, 2.24) is 4.98 Å². The van der Waals surface area contributed by atoms with Crippen LogP contribution in [0.15, 0.2) is 6.08 Å². The van der Waals surface area contributed by atoms with Gasteiger partial charge >= 0.3 is 0 Å². The Morgan fingerprint density at radius 1 is 1.35 bits per heavy atom. The van der Waals surface area contributed by atoms with Crippen LogP contribution in [0.4, 0.5) is 5.13 Å². The van der Waals surface area contributed by atoms with E-state index in [2.05, 4.69) is 9.88 Å². The van der Waals surface area contributed by atoms with Gasteiger partial charge in [-0.3, -0.25) is 4.79 Å². The van der Waals surface area contributed by atoms with Gasteiger partial charge in [-0.05, 0) is 45.3 Å². The van der Waals surface area contributed by atoms with E-state index in [1.807, 2.05) is 13.0 Å². The molecule has 1 aliphatic heterocycles. The highest BCUT2D eigenvalue weighted by Crippen LogP contribution is 2.29. The second-order valence-electron chi connectivity index (χ2n) is 4.44. The largest absolute Gasteiger partial charge is 0.348 e. The predicted octanol–water partition coefficient (Wildman–Crippen LogP) is 3.04. The maximum absolute atomic E-state index is 10.9. The van der Waals surface area contributed by atoms with E-state index >= 15 is 0 Å². The first-order chi connectivity index (χ1) is 8.16. The van der Waals surface area contributed by atoms with Crippen LogP contribution in [0.3, 0.4) is 0 Å². The summed E-state index contributed by atoms with van der Waals surface area (Å²) in [7, 11) is 0. The van der Waals surface area contributed by atoms with Crippen molar-refractivity contribution in [3.63, 3.8) is 0 Å². The van der Waals surface area contributed by atoms with E-state index < -0.39 is 0 Å². The molecule has 92 valence electrons. The van der Waals surface area contributed by atoms with Crippen molar-refractivity contribution in [3.8, 4) is 0 Å². The standard InChI is InChI=1S/C13H18N2OS/c1-10(16)6-7-12-11(2)14-13(17-12)15-8-4-3-5-9-15/h6-7H,3-5,8-9H2,1-2H3. The first-order valence-electron chi connectivity index (χ1n) is 6.08. The highest BCUT2D eigenvalue weighted by atomic mass is 32.1. The molecule has 2 heterocycles. The zero-order valence-corrected chi connectivity index (χ0v) is 11.2. The smallest absolute Gasteiger partial charge is 0.186 e. The number of hydrogen-bond acceptors (Lipinski definition) is 4. The summed E-state index contributed by atoms with van der Waals surface area (Å²) >= 11 is 1.68. The molecule has 0 N–H and O–H groups in total. The summed E-state index contributed by atoms with van der Waals surface area (Å²) in [6.45, 7) is 5.80. The molecule has 1 saturated heterocycles. The van der Waals surface area contributed by atoms with Gasteiger partial charge in [-0.1, -0.05) is 11.3 Å². The molecule has 0 bridgehead atoms. The van der Waals surface area contributed by atoms with Crippen LogP contribution >= 0.6 is 11.3 Å². The van der Waals surface area contributed by atoms with Crippen molar-refractivity contribution in [2.75, 3.05) is 18.0 Å². The van der Waals surface area contributed by atoms with Crippen LogP contribution in [0.2, 0.25) is 0 Å². The lowest BCUT2D eigenvalue weighted by atomic mass is 10.1. The first kappa shape index (κ1) is 12.3. The van der Waals surface area contributed by atoms with Crippen LogP contribution < -0.4 is 4.90 Å². The van der Waals surface area contributed by atoms with E-state index in [9.17, 15) is 4.79 Å². The lowest BCUT2D eigenvalue weighted by molar-refractivity contribution is -0.112. The average molecular weight is 250 g/mol. The fourth-order valence-electron chi connectivity index (χ4n) is 1.96. The molecule has 3 nitrogen and oxygen atoms in total. The molecule has 1 aromatic rings. The molecule has 0 unspecified atom stereocenters. The number of thiazole rings is 1. The number of anilines is 1. The number of nitrogens with zero attached hydrogens (tertiary/aromatic N) is 2. The normalized spacial score (nSPS) is 16.7. The summed E-state index contributed by atoms with van der Waals surface area (Å²) in [6, 6.07) is 0. The summed E-state index contributed by atoms with van der Waals surface area (Å²) in [6.07, 6.45) is 7.34. The topological polar surface area (TPSA) is 33.2 Å². The highest BCUT2D eigenvalue weighted by Gasteiger charge is 2.15. The molecule has 0 amide bonds. The minimum atomic E-state index is 0.0809. The zero-order valence-electron chi connectivity index (χ0n) is 10.4. The number of aromatic nitrogens is 1. The summed E-state index contributed by atoms with van der Waals surface area (Å²) in [5, 5.41) is 1.10. The maximum atomic E-state index is 10.9. The molecular formula is C13H18N2OS. The van der Waals surface area contributed by atoms with E-state index in [1.165, 1.54) is 19.3 Å². The third kappa shape index (κ3) is 3.16. The Hall–Kier alpha value is -1.16. The van der Waals surface area contributed by atoms with Crippen LogP contribution in [0.1, 0.15) is 36.8 Å². The highest BCUT2D eigenvalue weighted by molar-refractivity contribution is 7.16. The van der Waals surface area contributed by atoms with Gasteiger partial charge in [0.2, 0.25) is 0 Å². The third-order valence-electron chi connectivity index (χ3n) is 2.92. The van der Waals surface area contributed by atoms with Crippen molar-refractivity contribution < 1.29 is 4.79 Å². The van der Waals surface area contributed by atoms with Gasteiger partial charge in [0.05, 0.1) is 10.6 Å². The Balaban J connectivity index is 2.14. The van der Waals surface area contributed by atoms with Gasteiger partial charge in [0.15, 0.2) is 10.9 Å². The first-order valence-corrected chi connectivity index (χ1v) is 6.89. The van der Waals surface area contributed by atoms with E-state index in [4.69, 9.17) is 0 Å². The number of rotatable bonds is 3. The van der Waals surface area contributed by atoms with Crippen molar-refractivity contribution >= 4 is 28.3 Å². The van der Waals surface area contributed by atoms with E-state index in [-0.39, 0.29) is 5.78 Å². The lowest BCUT2D eigenvalue weighted by Crippen LogP contribution is -2.29. The van der Waals surface area contributed by atoms with Crippen LogP contribution in [-0.4, -0.2) is 23.9 Å². The zero-order chi connectivity index (χ0) is 12.3. The van der Waals surface area contributed by atoms with E-state index in [0.717, 1.165) is 28.8 Å². The van der Waals surface area contributed by atoms with Crippen LogP contribution in [-0.2, 0) is 4.79 Å². The Bertz CT molecular complexity index is 431. The van der Waals surface area contributed by atoms with Crippen LogP contribution in [0.5, 0.6) is 0 Å². The number of piperidine rings is 1. The Morgan fingerprint density at radius 2 is 2.06 bits per heavy atom. The number of aryl methyl sites for hydroxylation is 1. The molecule has 4 heteroatoms. The molecule has 0 aliphatic carbocycles. The molecule has 0 aromatic carbocycles. The number of hydrogen-bond donors (Lipinski definition) is 0. The van der Waals surface area contributed by atoms with E-state index in [0.29, 0.717) is 0 Å². The Labute approximate surface area is 106 Å². The van der Waals surface area contributed by atoms with Crippen molar-refractivity contribution in [2.24, 2.45) is 0 Å². The minimum Gasteiger partial charge on any atom is -0.348 e. The third-order valence-corrected chi connectivity index (χ3v) is 4.10. The number of carbonyl (C=O) groups is 1. The van der Waals surface area contributed by atoms with Crippen molar-refractivity contribution in [2.45, 2.75) is 33.1 Å². The summed E-state index contributed by atoms with van der Waals surface area (Å²) in [4.78, 5) is 19.0. The van der Waals surface area contributed by atoms with Gasteiger partial charge in [-0.2, -0.15) is 0 Å². The van der Waals surface area contributed by atoms with Gasteiger partial charge in [0.25, 0.3) is 0 Å². The maximum Gasteiger partial charge on any atom is 0.186 e. The van der Waals surface area contributed by atoms with E-state index in [1.54, 1.807) is 24.3 Å². The van der Waals surface area contributed by atoms with Gasteiger partial charge in [-0.25, -0.2) is 4.98 Å². The lowest BCUT2D eigenvalue weighted by Gasteiger charge is -2.25. The number of carbonyl (C=O) groups excluding carboxylic acids is 1. The molecule has 1 fully saturated rings. The van der Waals surface area contributed by atoms with Crippen LogP contribution in [0, 0.1) is 6.92 Å². The molecule has 2 rings (SSSR count). The SMILES string of the molecule is CC(=O)C=Cc1sc(N2CCCCC2)nc1C. The average Bonchev–Trinajstić information content (AvgIpc) is 2.69. The molecule has 17 heavy (non-hydrogen) atoms. The molecule has 1 aromatic heterocycles. The van der Waals surface area contributed by atoms with Crippen LogP contribution in [0.25, 0.3) is 6.08 Å². The van der Waals surface area contributed by atoms with Gasteiger partial charge in [0, 0.05) is 13.1 Å². The quantitative estimate of drug-likeness (QED) is 0.773. The summed E-state index contributed by atoms with van der Waals surface area (Å²) < 4.78 is 0. The monoisotopic (exact) mass is 250 g/mol. The molecule has 0 spiro atoms. The fraction of sp³-hybridized carbons (Fsp3) is 0.538. The molecule has 0 saturated carbocycles. The second kappa shape index (κ2) is 5.45. The second-order valence-corrected chi connectivity index (χ2v) is 5.45. The van der Waals surface area contributed by atoms with Gasteiger partial charge < -0.3 is 4.90 Å². The molecular weight excluding hydrogens is 232 g/mol. The van der Waals surface area contributed by atoms with Gasteiger partial charge in [-0.15, -0.1) is 0 Å². The van der Waals surface area contributed by atoms with Gasteiger partial charge in [0.1, 0.15) is 0 Å². The summed E-state index contributed by atoms with van der Waals surface area (Å²) in [5.74, 6) is 0.0809. The number of ketones is 1. The molecule has 1 aliphatic rings. The Kier molecular flexibility index (Phi) is 3.94. The minimum absolute atomic E-state index is 0.0809. The molecule has 0 radical (unpaired) electrons. The summed E-state index contributed by atoms with van der Waals surface area (Å²) in [5.41, 5.74) is 1.02.